The fraction of sp³-hybridized carbons (Fsp3) is 0.650. The number of hydrogen-bond donors (Lipinski definition) is 1. The first kappa shape index (κ1) is 16.1. The fourth-order valence-electron chi connectivity index (χ4n) is 4.73. The minimum atomic E-state index is 0.586. The molecular formula is C20H29N3O. The van der Waals surface area contributed by atoms with E-state index in [1.54, 1.807) is 0 Å². The normalized spacial score (nSPS) is 26.9. The lowest BCUT2D eigenvalue weighted by Crippen LogP contribution is -2.38. The van der Waals surface area contributed by atoms with Gasteiger partial charge in [0.1, 0.15) is 0 Å². The second-order valence-electron chi connectivity index (χ2n) is 7.94. The van der Waals surface area contributed by atoms with E-state index in [1.807, 2.05) is 12.3 Å². The Morgan fingerprint density at radius 3 is 2.71 bits per heavy atom. The Morgan fingerprint density at radius 1 is 1.21 bits per heavy atom. The van der Waals surface area contributed by atoms with Gasteiger partial charge < -0.3 is 9.72 Å². The third kappa shape index (κ3) is 3.22. The second kappa shape index (κ2) is 6.85. The monoisotopic (exact) mass is 327 g/mol. The number of pyridine rings is 1. The molecule has 4 heterocycles. The molecule has 2 aliphatic rings. The number of ether oxygens (including phenoxy) is 1. The first-order valence-corrected chi connectivity index (χ1v) is 9.46. The topological polar surface area (TPSA) is 41.1 Å². The van der Waals surface area contributed by atoms with Crippen molar-refractivity contribution in [3.63, 3.8) is 0 Å². The van der Waals surface area contributed by atoms with Crippen molar-refractivity contribution in [2.24, 2.45) is 11.8 Å². The maximum Gasteiger partial charge on any atom is 0.0926 e. The van der Waals surface area contributed by atoms with Gasteiger partial charge in [0, 0.05) is 56.2 Å². The van der Waals surface area contributed by atoms with Crippen LogP contribution in [0, 0.1) is 11.8 Å². The predicted octanol–water partition coefficient (Wildman–Crippen LogP) is 3.93. The van der Waals surface area contributed by atoms with Crippen molar-refractivity contribution >= 4 is 11.0 Å². The maximum atomic E-state index is 5.57. The molecule has 0 spiro atoms. The van der Waals surface area contributed by atoms with Crippen molar-refractivity contribution in [2.45, 2.75) is 45.6 Å². The van der Waals surface area contributed by atoms with E-state index >= 15 is 0 Å². The van der Waals surface area contributed by atoms with Crippen LogP contribution in [0.2, 0.25) is 0 Å². The minimum Gasteiger partial charge on any atom is -0.381 e. The van der Waals surface area contributed by atoms with E-state index in [9.17, 15) is 0 Å². The number of fused-ring (bicyclic) bond motifs is 1. The zero-order valence-corrected chi connectivity index (χ0v) is 14.9. The molecule has 0 aromatic carbocycles. The Balaban J connectivity index is 1.67. The number of piperidine rings is 1. The largest absolute Gasteiger partial charge is 0.381 e. The van der Waals surface area contributed by atoms with E-state index in [4.69, 9.17) is 9.72 Å². The van der Waals surface area contributed by atoms with E-state index in [0.29, 0.717) is 5.92 Å². The van der Waals surface area contributed by atoms with E-state index < -0.39 is 0 Å². The number of likely N-dealkylation sites (tertiary alicyclic amines) is 1. The van der Waals surface area contributed by atoms with Gasteiger partial charge in [-0.05, 0) is 43.2 Å². The molecular weight excluding hydrogens is 298 g/mol. The summed E-state index contributed by atoms with van der Waals surface area (Å²) >= 11 is 0. The molecule has 0 unspecified atom stereocenters. The van der Waals surface area contributed by atoms with E-state index in [-0.39, 0.29) is 0 Å². The summed E-state index contributed by atoms with van der Waals surface area (Å²) in [4.78, 5) is 11.1. The quantitative estimate of drug-likeness (QED) is 0.928. The number of aromatic nitrogens is 2. The SMILES string of the molecule is C[C@H]1C[C@H](C)CN(Cc2c(C3CCOCC3)[nH]c3cccnc23)C1. The van der Waals surface area contributed by atoms with Gasteiger partial charge in [0.15, 0.2) is 0 Å². The molecule has 2 aliphatic heterocycles. The molecule has 0 radical (unpaired) electrons. The lowest BCUT2D eigenvalue weighted by Gasteiger charge is -2.35. The van der Waals surface area contributed by atoms with Gasteiger partial charge in [0.05, 0.1) is 11.0 Å². The van der Waals surface area contributed by atoms with Crippen molar-refractivity contribution in [3.05, 3.63) is 29.6 Å². The third-order valence-corrected chi connectivity index (χ3v) is 5.64. The molecule has 1 N–H and O–H groups in total. The lowest BCUT2D eigenvalue weighted by molar-refractivity contribution is 0.0839. The molecule has 2 fully saturated rings. The molecule has 4 rings (SSSR count). The molecule has 0 aliphatic carbocycles. The van der Waals surface area contributed by atoms with Crippen LogP contribution in [0.5, 0.6) is 0 Å². The van der Waals surface area contributed by atoms with Gasteiger partial charge >= 0.3 is 0 Å². The summed E-state index contributed by atoms with van der Waals surface area (Å²) in [6, 6.07) is 4.19. The van der Waals surface area contributed by atoms with Gasteiger partial charge in [-0.1, -0.05) is 13.8 Å². The van der Waals surface area contributed by atoms with E-state index in [2.05, 4.69) is 29.8 Å². The molecule has 4 heteroatoms. The summed E-state index contributed by atoms with van der Waals surface area (Å²) in [6.07, 6.45) is 5.52. The minimum absolute atomic E-state index is 0.586. The molecule has 130 valence electrons. The number of H-pyrrole nitrogens is 1. The van der Waals surface area contributed by atoms with Crippen LogP contribution in [-0.2, 0) is 11.3 Å². The highest BCUT2D eigenvalue weighted by molar-refractivity contribution is 5.80. The molecule has 24 heavy (non-hydrogen) atoms. The summed E-state index contributed by atoms with van der Waals surface area (Å²) in [5.74, 6) is 2.17. The van der Waals surface area contributed by atoms with Crippen molar-refractivity contribution in [1.29, 1.82) is 0 Å². The first-order valence-electron chi connectivity index (χ1n) is 9.46. The maximum absolute atomic E-state index is 5.57. The van der Waals surface area contributed by atoms with Crippen molar-refractivity contribution < 1.29 is 4.74 Å². The molecule has 0 saturated carbocycles. The van der Waals surface area contributed by atoms with Gasteiger partial charge in [0.25, 0.3) is 0 Å². The Labute approximate surface area is 144 Å². The van der Waals surface area contributed by atoms with Crippen LogP contribution in [-0.4, -0.2) is 41.2 Å². The molecule has 2 aromatic rings. The van der Waals surface area contributed by atoms with Crippen molar-refractivity contribution in [1.82, 2.24) is 14.9 Å². The first-order chi connectivity index (χ1) is 11.7. The number of hydrogen-bond acceptors (Lipinski definition) is 3. The highest BCUT2D eigenvalue weighted by Crippen LogP contribution is 2.34. The molecule has 0 amide bonds. The van der Waals surface area contributed by atoms with Crippen molar-refractivity contribution in [3.8, 4) is 0 Å². The fourth-order valence-corrected chi connectivity index (χ4v) is 4.73. The van der Waals surface area contributed by atoms with Gasteiger partial charge in [-0.3, -0.25) is 9.88 Å². The summed E-state index contributed by atoms with van der Waals surface area (Å²) in [6.45, 7) is 9.97. The van der Waals surface area contributed by atoms with Gasteiger partial charge in [0.2, 0.25) is 0 Å². The average molecular weight is 327 g/mol. The van der Waals surface area contributed by atoms with Crippen molar-refractivity contribution in [2.75, 3.05) is 26.3 Å². The molecule has 2 atom stereocenters. The Hall–Kier alpha value is -1.39. The summed E-state index contributed by atoms with van der Waals surface area (Å²) < 4.78 is 5.57. The highest BCUT2D eigenvalue weighted by Gasteiger charge is 2.27. The van der Waals surface area contributed by atoms with Crippen LogP contribution in [0.4, 0.5) is 0 Å². The molecule has 4 nitrogen and oxygen atoms in total. The van der Waals surface area contributed by atoms with E-state index in [0.717, 1.165) is 44.4 Å². The third-order valence-electron chi connectivity index (χ3n) is 5.64. The number of nitrogens with zero attached hydrogens (tertiary/aromatic N) is 2. The predicted molar refractivity (Wildman–Crippen MR) is 97.1 cm³/mol. The van der Waals surface area contributed by atoms with Crippen LogP contribution in [0.3, 0.4) is 0 Å². The Morgan fingerprint density at radius 2 is 1.96 bits per heavy atom. The van der Waals surface area contributed by atoms with Crippen LogP contribution in [0.25, 0.3) is 11.0 Å². The average Bonchev–Trinajstić information content (AvgIpc) is 2.94. The zero-order valence-electron chi connectivity index (χ0n) is 14.9. The standard InChI is InChI=1S/C20H29N3O/c1-14-10-15(2)12-23(11-14)13-17-19(16-5-8-24-9-6-16)22-18-4-3-7-21-20(17)18/h3-4,7,14-16,22H,5-6,8-13H2,1-2H3/t14-,15-/m0/s1. The van der Waals surface area contributed by atoms with Crippen LogP contribution < -0.4 is 0 Å². The zero-order chi connectivity index (χ0) is 16.5. The van der Waals surface area contributed by atoms with E-state index in [1.165, 1.54) is 41.8 Å². The van der Waals surface area contributed by atoms with Gasteiger partial charge in [-0.15, -0.1) is 0 Å². The number of rotatable bonds is 3. The summed E-state index contributed by atoms with van der Waals surface area (Å²) in [7, 11) is 0. The van der Waals surface area contributed by atoms with Gasteiger partial charge in [-0.25, -0.2) is 0 Å². The lowest BCUT2D eigenvalue weighted by atomic mass is 9.90. The number of nitrogens with one attached hydrogen (secondary N) is 1. The number of aromatic amines is 1. The van der Waals surface area contributed by atoms with Crippen LogP contribution in [0.1, 0.15) is 50.3 Å². The smallest absolute Gasteiger partial charge is 0.0926 e. The van der Waals surface area contributed by atoms with Crippen LogP contribution in [0.15, 0.2) is 18.3 Å². The summed E-state index contributed by atoms with van der Waals surface area (Å²) in [5.41, 5.74) is 5.20. The highest BCUT2D eigenvalue weighted by atomic mass is 16.5. The summed E-state index contributed by atoms with van der Waals surface area (Å²) in [5, 5.41) is 0. The van der Waals surface area contributed by atoms with Gasteiger partial charge in [-0.2, -0.15) is 0 Å². The Bertz CT molecular complexity index is 679. The van der Waals surface area contributed by atoms with Crippen LogP contribution >= 0.6 is 0 Å². The Kier molecular flexibility index (Phi) is 4.59. The molecule has 2 saturated heterocycles. The molecule has 2 aromatic heterocycles. The molecule has 0 bridgehead atoms. The second-order valence-corrected chi connectivity index (χ2v) is 7.94.